The molecule has 0 aromatic heterocycles. The van der Waals surface area contributed by atoms with Crippen LogP contribution in [0.25, 0.3) is 0 Å². The summed E-state index contributed by atoms with van der Waals surface area (Å²) in [6.07, 6.45) is 6.01. The third-order valence-corrected chi connectivity index (χ3v) is 9.44. The minimum Gasteiger partial charge on any atom is -0.369 e. The molecule has 5 aliphatic heterocycles. The van der Waals surface area contributed by atoms with Crippen LogP contribution in [-0.4, -0.2) is 104 Å². The minimum atomic E-state index is -0.559. The zero-order chi connectivity index (χ0) is 26.1. The standard InChI is InChI=1S/C29H42N6O3.ClH/c36-27-4-3-26(28(37)31-27)35-20-23-17-24(1-2-25(23)29(35)38)34-15-13-33(14-16-34)19-22-7-11-32(12-8-22)18-21-5-9-30-10-6-21;/h1-2,17,21-22,26,30H,3-16,18-20H2,(H,31,36,37);1H. The van der Waals surface area contributed by atoms with E-state index in [4.69, 9.17) is 0 Å². The Morgan fingerprint density at radius 1 is 0.795 bits per heavy atom. The van der Waals surface area contributed by atoms with Crippen molar-refractivity contribution in [2.75, 3.05) is 70.3 Å². The molecule has 4 fully saturated rings. The van der Waals surface area contributed by atoms with Crippen LogP contribution in [0.4, 0.5) is 5.69 Å². The van der Waals surface area contributed by atoms with Crippen LogP contribution in [0.15, 0.2) is 18.2 Å². The van der Waals surface area contributed by atoms with Gasteiger partial charge in [-0.3, -0.25) is 24.6 Å². The Balaban J connectivity index is 0.00000308. The molecule has 0 radical (unpaired) electrons. The second-order valence-electron chi connectivity index (χ2n) is 12.0. The van der Waals surface area contributed by atoms with Crippen molar-refractivity contribution >= 4 is 35.8 Å². The number of hydrogen-bond acceptors (Lipinski definition) is 7. The zero-order valence-electron chi connectivity index (χ0n) is 22.9. The lowest BCUT2D eigenvalue weighted by Crippen LogP contribution is -2.52. The fraction of sp³-hybridized carbons (Fsp3) is 0.690. The van der Waals surface area contributed by atoms with Crippen LogP contribution in [-0.2, 0) is 16.1 Å². The van der Waals surface area contributed by atoms with Gasteiger partial charge in [-0.2, -0.15) is 0 Å². The highest BCUT2D eigenvalue weighted by Gasteiger charge is 2.39. The van der Waals surface area contributed by atoms with Gasteiger partial charge in [0.2, 0.25) is 11.8 Å². The number of nitrogens with zero attached hydrogens (tertiary/aromatic N) is 4. The smallest absolute Gasteiger partial charge is 0.255 e. The fourth-order valence-electron chi connectivity index (χ4n) is 7.09. The highest BCUT2D eigenvalue weighted by atomic mass is 35.5. The number of piperazine rings is 1. The Kier molecular flexibility index (Phi) is 9.11. The van der Waals surface area contributed by atoms with Crippen LogP contribution in [0.3, 0.4) is 0 Å². The molecule has 0 aliphatic carbocycles. The van der Waals surface area contributed by atoms with Gasteiger partial charge in [0.1, 0.15) is 6.04 Å². The number of anilines is 1. The molecular formula is C29H43ClN6O3. The van der Waals surface area contributed by atoms with Gasteiger partial charge in [0.05, 0.1) is 0 Å². The summed E-state index contributed by atoms with van der Waals surface area (Å²) in [7, 11) is 0. The van der Waals surface area contributed by atoms with Gasteiger partial charge in [-0.25, -0.2) is 0 Å². The Morgan fingerprint density at radius 3 is 2.15 bits per heavy atom. The molecule has 214 valence electrons. The number of likely N-dealkylation sites (tertiary alicyclic amines) is 1. The van der Waals surface area contributed by atoms with Crippen LogP contribution in [0.2, 0.25) is 0 Å². The number of imide groups is 1. The van der Waals surface area contributed by atoms with Crippen molar-refractivity contribution in [3.05, 3.63) is 29.3 Å². The average Bonchev–Trinajstić information content (AvgIpc) is 3.26. The number of benzene rings is 1. The SMILES string of the molecule is Cl.O=C1CCC(N2Cc3cc(N4CCN(CC5CCN(CC6CCNCC6)CC5)CC4)ccc3C2=O)C(=O)N1. The number of piperidine rings is 3. The molecular weight excluding hydrogens is 516 g/mol. The summed E-state index contributed by atoms with van der Waals surface area (Å²) in [6.45, 7) is 12.0. The van der Waals surface area contributed by atoms with E-state index in [2.05, 4.69) is 37.5 Å². The van der Waals surface area contributed by atoms with Gasteiger partial charge in [-0.05, 0) is 93.9 Å². The molecule has 6 rings (SSSR count). The maximum absolute atomic E-state index is 13.0. The molecule has 5 heterocycles. The Hall–Kier alpha value is -2.20. The predicted octanol–water partition coefficient (Wildman–Crippen LogP) is 1.70. The third-order valence-electron chi connectivity index (χ3n) is 9.44. The summed E-state index contributed by atoms with van der Waals surface area (Å²) in [4.78, 5) is 46.3. The lowest BCUT2D eigenvalue weighted by Gasteiger charge is -2.40. The first-order valence-corrected chi connectivity index (χ1v) is 14.7. The van der Waals surface area contributed by atoms with Crippen LogP contribution >= 0.6 is 12.4 Å². The molecule has 0 bridgehead atoms. The topological polar surface area (TPSA) is 88.2 Å². The summed E-state index contributed by atoms with van der Waals surface area (Å²) in [5.41, 5.74) is 2.83. The quantitative estimate of drug-likeness (QED) is 0.514. The van der Waals surface area contributed by atoms with Crippen molar-refractivity contribution in [1.29, 1.82) is 0 Å². The number of hydrogen-bond donors (Lipinski definition) is 2. The first-order valence-electron chi connectivity index (χ1n) is 14.7. The first-order chi connectivity index (χ1) is 18.5. The minimum absolute atomic E-state index is 0. The molecule has 9 nitrogen and oxygen atoms in total. The summed E-state index contributed by atoms with van der Waals surface area (Å²) < 4.78 is 0. The number of fused-ring (bicyclic) bond motifs is 1. The van der Waals surface area contributed by atoms with Gasteiger partial charge < -0.3 is 20.0 Å². The lowest BCUT2D eigenvalue weighted by atomic mass is 9.93. The molecule has 1 aromatic carbocycles. The van der Waals surface area contributed by atoms with Crippen molar-refractivity contribution in [1.82, 2.24) is 25.3 Å². The summed E-state index contributed by atoms with van der Waals surface area (Å²) >= 11 is 0. The Labute approximate surface area is 238 Å². The van der Waals surface area contributed by atoms with E-state index in [9.17, 15) is 14.4 Å². The van der Waals surface area contributed by atoms with Gasteiger partial charge in [-0.15, -0.1) is 12.4 Å². The van der Waals surface area contributed by atoms with E-state index in [1.54, 1.807) is 4.90 Å². The van der Waals surface area contributed by atoms with Crippen molar-refractivity contribution in [2.45, 2.75) is 51.1 Å². The van der Waals surface area contributed by atoms with E-state index < -0.39 is 6.04 Å². The van der Waals surface area contributed by atoms with E-state index in [0.29, 0.717) is 18.5 Å². The molecule has 4 saturated heterocycles. The molecule has 2 N–H and O–H groups in total. The maximum Gasteiger partial charge on any atom is 0.255 e. The van der Waals surface area contributed by atoms with Crippen LogP contribution in [0, 0.1) is 11.8 Å². The Morgan fingerprint density at radius 2 is 1.46 bits per heavy atom. The van der Waals surface area contributed by atoms with Crippen molar-refractivity contribution in [3.63, 3.8) is 0 Å². The van der Waals surface area contributed by atoms with E-state index in [1.807, 2.05) is 6.07 Å². The van der Waals surface area contributed by atoms with Crippen molar-refractivity contribution < 1.29 is 14.4 Å². The number of amides is 3. The predicted molar refractivity (Wildman–Crippen MR) is 153 cm³/mol. The summed E-state index contributed by atoms with van der Waals surface area (Å²) in [6, 6.07) is 5.55. The van der Waals surface area contributed by atoms with Gasteiger partial charge in [0.25, 0.3) is 5.91 Å². The molecule has 3 amide bonds. The number of carbonyl (C=O) groups is 3. The third kappa shape index (κ3) is 6.42. The molecule has 5 aliphatic rings. The summed E-state index contributed by atoms with van der Waals surface area (Å²) in [5.74, 6) is 0.989. The number of halogens is 1. The molecule has 1 atom stereocenters. The molecule has 10 heteroatoms. The van der Waals surface area contributed by atoms with Gasteiger partial charge in [-0.1, -0.05) is 0 Å². The van der Waals surface area contributed by atoms with Crippen molar-refractivity contribution in [3.8, 4) is 0 Å². The molecule has 0 spiro atoms. The first kappa shape index (κ1) is 28.3. The van der Waals surface area contributed by atoms with E-state index in [0.717, 1.165) is 49.3 Å². The maximum atomic E-state index is 13.0. The van der Waals surface area contributed by atoms with E-state index in [1.165, 1.54) is 65.0 Å². The highest BCUT2D eigenvalue weighted by Crippen LogP contribution is 2.31. The normalized spacial score (nSPS) is 25.9. The molecule has 1 unspecified atom stereocenters. The second kappa shape index (κ2) is 12.5. The van der Waals surface area contributed by atoms with Gasteiger partial charge >= 0.3 is 0 Å². The number of carbonyl (C=O) groups excluding carboxylic acids is 3. The number of nitrogens with one attached hydrogen (secondary N) is 2. The van der Waals surface area contributed by atoms with Gasteiger partial charge in [0, 0.05) is 63.5 Å². The second-order valence-corrected chi connectivity index (χ2v) is 12.0. The fourth-order valence-corrected chi connectivity index (χ4v) is 7.09. The van der Waals surface area contributed by atoms with Gasteiger partial charge in [0.15, 0.2) is 0 Å². The molecule has 1 aromatic rings. The van der Waals surface area contributed by atoms with Crippen molar-refractivity contribution in [2.24, 2.45) is 11.8 Å². The highest BCUT2D eigenvalue weighted by molar-refractivity contribution is 6.05. The van der Waals surface area contributed by atoms with Crippen LogP contribution < -0.4 is 15.5 Å². The zero-order valence-corrected chi connectivity index (χ0v) is 23.7. The Bertz CT molecular complexity index is 1050. The number of rotatable bonds is 6. The lowest BCUT2D eigenvalue weighted by molar-refractivity contribution is -0.136. The monoisotopic (exact) mass is 558 g/mol. The van der Waals surface area contributed by atoms with E-state index in [-0.39, 0.29) is 36.5 Å². The van der Waals surface area contributed by atoms with E-state index >= 15 is 0 Å². The average molecular weight is 559 g/mol. The van der Waals surface area contributed by atoms with Crippen LogP contribution in [0.1, 0.15) is 54.4 Å². The largest absolute Gasteiger partial charge is 0.369 e. The molecule has 0 saturated carbocycles. The summed E-state index contributed by atoms with van der Waals surface area (Å²) in [5, 5.41) is 5.86. The molecule has 39 heavy (non-hydrogen) atoms. The van der Waals surface area contributed by atoms with Crippen LogP contribution in [0.5, 0.6) is 0 Å².